The van der Waals surface area contributed by atoms with Gasteiger partial charge >= 0.3 is 0 Å². The molecule has 3 rings (SSSR count). The van der Waals surface area contributed by atoms with Crippen molar-refractivity contribution in [3.8, 4) is 11.1 Å². The number of aromatic nitrogens is 1. The van der Waals surface area contributed by atoms with Crippen molar-refractivity contribution < 1.29 is 9.18 Å². The van der Waals surface area contributed by atoms with Crippen molar-refractivity contribution in [3.63, 3.8) is 0 Å². The number of thioether (sulfide) groups is 1. The molecular formula is C23H26Cl2FN3OS. The van der Waals surface area contributed by atoms with Crippen LogP contribution in [0.1, 0.15) is 30.1 Å². The molecule has 1 heterocycles. The van der Waals surface area contributed by atoms with E-state index in [1.807, 2.05) is 25.1 Å². The molecule has 1 aliphatic carbocycles. The summed E-state index contributed by atoms with van der Waals surface area (Å²) in [7, 11) is 3.44. The van der Waals surface area contributed by atoms with Gasteiger partial charge in [0.1, 0.15) is 11.6 Å². The topological polar surface area (TPSA) is 59.2 Å². The molecule has 0 fully saturated rings. The van der Waals surface area contributed by atoms with E-state index in [9.17, 15) is 9.18 Å². The lowest BCUT2D eigenvalue weighted by molar-refractivity contribution is 0.0827. The Morgan fingerprint density at radius 1 is 1.19 bits per heavy atom. The van der Waals surface area contributed by atoms with Crippen molar-refractivity contribution in [2.24, 2.45) is 0 Å². The number of nitrogen functional groups attached to an aromatic ring is 1. The van der Waals surface area contributed by atoms with Gasteiger partial charge in [0.15, 0.2) is 0 Å². The van der Waals surface area contributed by atoms with Gasteiger partial charge in [-0.1, -0.05) is 23.7 Å². The summed E-state index contributed by atoms with van der Waals surface area (Å²) in [4.78, 5) is 18.7. The fourth-order valence-corrected chi connectivity index (χ4v) is 4.52. The molecule has 1 unspecified atom stereocenters. The van der Waals surface area contributed by atoms with E-state index in [0.717, 1.165) is 21.6 Å². The molecule has 2 aromatic rings. The highest BCUT2D eigenvalue weighted by Gasteiger charge is 2.19. The number of rotatable bonds is 5. The number of amides is 1. The predicted molar refractivity (Wildman–Crippen MR) is 131 cm³/mol. The summed E-state index contributed by atoms with van der Waals surface area (Å²) in [5.74, 6) is 0.223. The molecule has 2 N–H and O–H groups in total. The molecule has 31 heavy (non-hydrogen) atoms. The van der Waals surface area contributed by atoms with Gasteiger partial charge in [-0.2, -0.15) is 0 Å². The maximum absolute atomic E-state index is 13.7. The molecule has 0 aliphatic heterocycles. The van der Waals surface area contributed by atoms with Gasteiger partial charge in [0.05, 0.1) is 4.90 Å². The van der Waals surface area contributed by atoms with Crippen LogP contribution in [0.4, 0.5) is 10.2 Å². The SMILES string of the molecule is CC(Sc1cc(-c2ccc(C(=O)N(C)C)cc2)cnc1N)C1=C(Cl)CCC(F)=C1.CCl. The molecular weight excluding hydrogens is 456 g/mol. The number of alkyl halides is 1. The Labute approximate surface area is 197 Å². The molecule has 0 saturated heterocycles. The quantitative estimate of drug-likeness (QED) is 0.390. The second kappa shape index (κ2) is 11.6. The smallest absolute Gasteiger partial charge is 0.253 e. The van der Waals surface area contributed by atoms with Crippen LogP contribution in [-0.4, -0.2) is 41.5 Å². The molecule has 8 heteroatoms. The van der Waals surface area contributed by atoms with Gasteiger partial charge in [-0.05, 0) is 48.8 Å². The molecule has 166 valence electrons. The van der Waals surface area contributed by atoms with E-state index >= 15 is 0 Å². The third-order valence-corrected chi connectivity index (χ3v) is 6.30. The molecule has 1 aromatic carbocycles. The van der Waals surface area contributed by atoms with Gasteiger partial charge in [-0.3, -0.25) is 4.79 Å². The minimum absolute atomic E-state index is 0.0463. The fraction of sp³-hybridized carbons (Fsp3) is 0.304. The number of carbonyl (C=O) groups is 1. The third-order valence-electron chi connectivity index (χ3n) is 4.70. The molecule has 1 atom stereocenters. The lowest BCUT2D eigenvalue weighted by Gasteiger charge is -2.19. The van der Waals surface area contributed by atoms with Gasteiger partial charge in [-0.15, -0.1) is 23.4 Å². The largest absolute Gasteiger partial charge is 0.383 e. The molecule has 0 radical (unpaired) electrons. The second-order valence-corrected chi connectivity index (χ2v) is 8.93. The Kier molecular flexibility index (Phi) is 9.41. The number of benzene rings is 1. The predicted octanol–water partition coefficient (Wildman–Crippen LogP) is 6.51. The van der Waals surface area contributed by atoms with Crippen LogP contribution in [0.2, 0.25) is 0 Å². The van der Waals surface area contributed by atoms with Gasteiger partial charge in [0, 0.05) is 54.5 Å². The zero-order chi connectivity index (χ0) is 23.1. The highest BCUT2D eigenvalue weighted by Crippen LogP contribution is 2.38. The third kappa shape index (κ3) is 6.48. The number of halogens is 3. The van der Waals surface area contributed by atoms with Crippen molar-refractivity contribution in [1.82, 2.24) is 9.88 Å². The van der Waals surface area contributed by atoms with Crippen LogP contribution in [0.5, 0.6) is 0 Å². The van der Waals surface area contributed by atoms with Gasteiger partial charge in [0.25, 0.3) is 5.91 Å². The molecule has 4 nitrogen and oxygen atoms in total. The zero-order valence-electron chi connectivity index (χ0n) is 18.0. The summed E-state index contributed by atoms with van der Waals surface area (Å²) in [5.41, 5.74) is 9.32. The number of carbonyl (C=O) groups excluding carboxylic acids is 1. The van der Waals surface area contributed by atoms with Crippen molar-refractivity contribution in [2.45, 2.75) is 29.9 Å². The Hall–Kier alpha value is -2.02. The van der Waals surface area contributed by atoms with E-state index in [2.05, 4.69) is 16.6 Å². The number of nitrogens with two attached hydrogens (primary N) is 1. The lowest BCUT2D eigenvalue weighted by Crippen LogP contribution is -2.21. The number of nitrogens with zero attached hydrogens (tertiary/aromatic N) is 2. The van der Waals surface area contributed by atoms with Crippen LogP contribution in [0.25, 0.3) is 11.1 Å². The van der Waals surface area contributed by atoms with E-state index in [1.165, 1.54) is 29.1 Å². The molecule has 0 saturated carbocycles. The average molecular weight is 482 g/mol. The van der Waals surface area contributed by atoms with Gasteiger partial charge in [0.2, 0.25) is 0 Å². The van der Waals surface area contributed by atoms with Gasteiger partial charge < -0.3 is 10.6 Å². The summed E-state index contributed by atoms with van der Waals surface area (Å²) >= 11 is 12.5. The minimum atomic E-state index is -0.149. The van der Waals surface area contributed by atoms with E-state index < -0.39 is 0 Å². The maximum Gasteiger partial charge on any atom is 0.253 e. The monoisotopic (exact) mass is 481 g/mol. The fourth-order valence-electron chi connectivity index (χ4n) is 3.06. The number of anilines is 1. The average Bonchev–Trinajstić information content (AvgIpc) is 2.77. The van der Waals surface area contributed by atoms with Gasteiger partial charge in [-0.25, -0.2) is 9.37 Å². The zero-order valence-corrected chi connectivity index (χ0v) is 20.3. The maximum atomic E-state index is 13.7. The van der Waals surface area contributed by atoms with Crippen molar-refractivity contribution in [2.75, 3.05) is 26.2 Å². The summed E-state index contributed by atoms with van der Waals surface area (Å²) in [6.45, 7) is 1.98. The number of pyridine rings is 1. The number of allylic oxidation sites excluding steroid dienone is 3. The number of hydrogen-bond acceptors (Lipinski definition) is 4. The van der Waals surface area contributed by atoms with Crippen LogP contribution in [0, 0.1) is 0 Å². The normalized spacial score (nSPS) is 14.4. The second-order valence-electron chi connectivity index (χ2n) is 7.10. The summed E-state index contributed by atoms with van der Waals surface area (Å²) in [5, 5.41) is 0.628. The Balaban J connectivity index is 0.00000166. The van der Waals surface area contributed by atoms with Crippen LogP contribution in [-0.2, 0) is 0 Å². The molecule has 1 aromatic heterocycles. The van der Waals surface area contributed by atoms with Crippen molar-refractivity contribution >= 4 is 46.7 Å². The Morgan fingerprint density at radius 3 is 2.45 bits per heavy atom. The Morgan fingerprint density at radius 2 is 1.84 bits per heavy atom. The first kappa shape index (κ1) is 25.2. The summed E-state index contributed by atoms with van der Waals surface area (Å²) in [6, 6.07) is 9.33. The van der Waals surface area contributed by atoms with Crippen LogP contribution < -0.4 is 5.73 Å². The van der Waals surface area contributed by atoms with E-state index in [-0.39, 0.29) is 17.0 Å². The summed E-state index contributed by atoms with van der Waals surface area (Å²) < 4.78 is 13.7. The van der Waals surface area contributed by atoms with Crippen LogP contribution >= 0.6 is 35.0 Å². The first-order valence-corrected chi connectivity index (χ1v) is 11.6. The molecule has 0 spiro atoms. The summed E-state index contributed by atoms with van der Waals surface area (Å²) in [6.07, 6.45) is 5.58. The van der Waals surface area contributed by atoms with Crippen molar-refractivity contribution in [3.05, 3.63) is 64.6 Å². The van der Waals surface area contributed by atoms with E-state index in [4.69, 9.17) is 17.3 Å². The first-order chi connectivity index (χ1) is 14.8. The van der Waals surface area contributed by atoms with Crippen LogP contribution in [0.15, 0.2) is 63.9 Å². The van der Waals surface area contributed by atoms with E-state index in [1.54, 1.807) is 32.4 Å². The number of hydrogen-bond donors (Lipinski definition) is 1. The standard InChI is InChI=1S/C22H23ClFN3OS.CH3Cl/c1-13(18-11-17(24)8-9-19(18)23)29-20-10-16(12-26-21(20)25)14-4-6-15(7-5-14)22(28)27(2)3;1-2/h4-7,10-13H,8-9H2,1-3H3,(H2,25,26);1H3. The molecule has 1 aliphatic rings. The molecule has 1 amide bonds. The molecule has 0 bridgehead atoms. The van der Waals surface area contributed by atoms with Crippen LogP contribution in [0.3, 0.4) is 0 Å². The lowest BCUT2D eigenvalue weighted by atomic mass is 10.0. The highest BCUT2D eigenvalue weighted by atomic mass is 35.5. The van der Waals surface area contributed by atoms with E-state index in [0.29, 0.717) is 29.3 Å². The van der Waals surface area contributed by atoms with Crippen molar-refractivity contribution in [1.29, 1.82) is 0 Å². The highest BCUT2D eigenvalue weighted by molar-refractivity contribution is 8.00. The minimum Gasteiger partial charge on any atom is -0.383 e. The first-order valence-electron chi connectivity index (χ1n) is 9.63. The Bertz CT molecular complexity index is 991.